The van der Waals surface area contributed by atoms with Crippen molar-refractivity contribution in [1.29, 1.82) is 0 Å². The number of hydrogen-bond acceptors (Lipinski definition) is 1. The standard InChI is InChI=1S/C6H5N/c7-6-4-2-1-3-5(4)6/h1-3H,7H2. The molecule has 0 heterocycles. The highest BCUT2D eigenvalue weighted by Crippen LogP contribution is 2.45. The van der Waals surface area contributed by atoms with Crippen molar-refractivity contribution in [3.05, 3.63) is 18.2 Å². The van der Waals surface area contributed by atoms with Gasteiger partial charge in [0.2, 0.25) is 0 Å². The average Bonchev–Trinajstić information content (AvgIpc) is 2.26. The molecule has 0 fully saturated rings. The lowest BCUT2D eigenvalue weighted by Crippen LogP contribution is -1.67. The molecular weight excluding hydrogens is 86.1 g/mol. The van der Waals surface area contributed by atoms with Crippen LogP contribution < -0.4 is 5.73 Å². The minimum atomic E-state index is 0.988. The molecule has 0 amide bonds. The van der Waals surface area contributed by atoms with E-state index in [1.165, 1.54) is 11.1 Å². The first kappa shape index (κ1) is 3.08. The Morgan fingerprint density at radius 3 is 2.00 bits per heavy atom. The first-order valence-corrected chi connectivity index (χ1v) is 2.28. The number of para-hydroxylation sites is 1. The number of nitrogen functional groups attached to an aromatic ring is 1. The van der Waals surface area contributed by atoms with E-state index in [1.807, 2.05) is 18.2 Å². The van der Waals surface area contributed by atoms with Gasteiger partial charge in [0.15, 0.2) is 0 Å². The van der Waals surface area contributed by atoms with Crippen LogP contribution in [0.25, 0.3) is 11.1 Å². The van der Waals surface area contributed by atoms with Crippen LogP contribution in [0.2, 0.25) is 0 Å². The summed E-state index contributed by atoms with van der Waals surface area (Å²) in [4.78, 5) is 0. The fourth-order valence-electron chi connectivity index (χ4n) is 0.833. The maximum Gasteiger partial charge on any atom is 0.0474 e. The van der Waals surface area contributed by atoms with Gasteiger partial charge in [-0.05, 0) is 0 Å². The molecule has 2 aliphatic carbocycles. The molecule has 0 atom stereocenters. The zero-order valence-electron chi connectivity index (χ0n) is 3.81. The van der Waals surface area contributed by atoms with Crippen LogP contribution in [0.5, 0.6) is 0 Å². The van der Waals surface area contributed by atoms with Gasteiger partial charge in [-0.3, -0.25) is 0 Å². The Hall–Kier alpha value is -0.980. The van der Waals surface area contributed by atoms with E-state index in [9.17, 15) is 0 Å². The molecule has 2 rings (SSSR count). The van der Waals surface area contributed by atoms with Crippen molar-refractivity contribution in [3.8, 4) is 11.1 Å². The molecule has 0 saturated carbocycles. The molecule has 0 aromatic rings. The van der Waals surface area contributed by atoms with Gasteiger partial charge in [0, 0.05) is 16.8 Å². The third-order valence-corrected chi connectivity index (χ3v) is 1.33. The molecule has 0 saturated heterocycles. The highest BCUT2D eigenvalue weighted by Gasteiger charge is 2.18. The SMILES string of the molecule is Nc1c2cccc1-2. The molecule has 0 radical (unpaired) electrons. The molecule has 1 nitrogen and oxygen atoms in total. The molecule has 0 spiro atoms. The number of nitrogens with two attached hydrogens (primary N) is 1. The smallest absolute Gasteiger partial charge is 0.0474 e. The van der Waals surface area contributed by atoms with Gasteiger partial charge in [-0.15, -0.1) is 0 Å². The third-order valence-electron chi connectivity index (χ3n) is 1.33. The van der Waals surface area contributed by atoms with Crippen molar-refractivity contribution in [2.75, 3.05) is 5.73 Å². The van der Waals surface area contributed by atoms with Gasteiger partial charge in [0.1, 0.15) is 0 Å². The van der Waals surface area contributed by atoms with Crippen molar-refractivity contribution >= 4 is 5.69 Å². The number of benzene rings is 1. The lowest BCUT2D eigenvalue weighted by atomic mass is 10.6. The van der Waals surface area contributed by atoms with Gasteiger partial charge in [-0.1, -0.05) is 18.2 Å². The third kappa shape index (κ3) is 0.203. The van der Waals surface area contributed by atoms with Crippen molar-refractivity contribution in [3.63, 3.8) is 0 Å². The molecule has 0 aromatic carbocycles. The zero-order valence-corrected chi connectivity index (χ0v) is 3.81. The second-order valence-corrected chi connectivity index (χ2v) is 1.77. The van der Waals surface area contributed by atoms with Crippen LogP contribution in [0.15, 0.2) is 18.2 Å². The van der Waals surface area contributed by atoms with Crippen LogP contribution in [0.4, 0.5) is 5.69 Å². The Morgan fingerprint density at radius 1 is 1.14 bits per heavy atom. The van der Waals surface area contributed by atoms with Crippen molar-refractivity contribution < 1.29 is 0 Å². The van der Waals surface area contributed by atoms with Gasteiger partial charge >= 0.3 is 0 Å². The molecule has 2 N–H and O–H groups in total. The quantitative estimate of drug-likeness (QED) is 0.485. The fourth-order valence-corrected chi connectivity index (χ4v) is 0.833. The molecule has 7 heavy (non-hydrogen) atoms. The van der Waals surface area contributed by atoms with E-state index in [-0.39, 0.29) is 0 Å². The average molecular weight is 91.1 g/mol. The van der Waals surface area contributed by atoms with Crippen molar-refractivity contribution in [2.45, 2.75) is 0 Å². The maximum atomic E-state index is 5.43. The molecule has 0 aromatic heterocycles. The van der Waals surface area contributed by atoms with E-state index in [4.69, 9.17) is 5.73 Å². The zero-order chi connectivity index (χ0) is 4.85. The minimum Gasteiger partial charge on any atom is -0.398 e. The Balaban J connectivity index is 2.78. The summed E-state index contributed by atoms with van der Waals surface area (Å²) in [7, 11) is 0. The van der Waals surface area contributed by atoms with Crippen LogP contribution in [-0.2, 0) is 0 Å². The Labute approximate surface area is 41.8 Å². The normalized spacial score (nSPS) is 11.4. The van der Waals surface area contributed by atoms with E-state index >= 15 is 0 Å². The van der Waals surface area contributed by atoms with E-state index < -0.39 is 0 Å². The molecular formula is C6H5N. The largest absolute Gasteiger partial charge is 0.398 e. The van der Waals surface area contributed by atoms with Crippen LogP contribution >= 0.6 is 0 Å². The minimum absolute atomic E-state index is 0.988. The van der Waals surface area contributed by atoms with Gasteiger partial charge in [0.25, 0.3) is 0 Å². The summed E-state index contributed by atoms with van der Waals surface area (Å²) in [5.74, 6) is 0. The summed E-state index contributed by atoms with van der Waals surface area (Å²) in [5.41, 5.74) is 8.92. The predicted octanol–water partition coefficient (Wildman–Crippen LogP) is 1.25. The molecule has 1 heteroatoms. The van der Waals surface area contributed by atoms with E-state index in [0.717, 1.165) is 5.69 Å². The molecule has 0 bridgehead atoms. The summed E-state index contributed by atoms with van der Waals surface area (Å²) in [6.45, 7) is 0. The molecule has 0 unspecified atom stereocenters. The second-order valence-electron chi connectivity index (χ2n) is 1.77. The Morgan fingerprint density at radius 2 is 1.71 bits per heavy atom. The van der Waals surface area contributed by atoms with Crippen molar-refractivity contribution in [1.82, 2.24) is 0 Å². The van der Waals surface area contributed by atoms with Crippen LogP contribution in [0.1, 0.15) is 0 Å². The van der Waals surface area contributed by atoms with Gasteiger partial charge in [0.05, 0.1) is 0 Å². The van der Waals surface area contributed by atoms with Crippen LogP contribution in [0, 0.1) is 0 Å². The monoisotopic (exact) mass is 91.0 g/mol. The fraction of sp³-hybridized carbons (Fsp3) is 0. The number of hydrogen-bond donors (Lipinski definition) is 1. The summed E-state index contributed by atoms with van der Waals surface area (Å²) >= 11 is 0. The summed E-state index contributed by atoms with van der Waals surface area (Å²) in [6.07, 6.45) is 0. The Bertz CT molecular complexity index is 195. The molecule has 0 aliphatic heterocycles. The maximum absolute atomic E-state index is 5.43. The first-order chi connectivity index (χ1) is 3.39. The number of anilines is 1. The van der Waals surface area contributed by atoms with E-state index in [0.29, 0.717) is 0 Å². The topological polar surface area (TPSA) is 26.0 Å². The van der Waals surface area contributed by atoms with Gasteiger partial charge < -0.3 is 5.73 Å². The summed E-state index contributed by atoms with van der Waals surface area (Å²) in [6, 6.07) is 6.08. The predicted molar refractivity (Wildman–Crippen MR) is 29.8 cm³/mol. The van der Waals surface area contributed by atoms with Gasteiger partial charge in [-0.2, -0.15) is 0 Å². The summed E-state index contributed by atoms with van der Waals surface area (Å²) < 4.78 is 0. The van der Waals surface area contributed by atoms with Gasteiger partial charge in [-0.25, -0.2) is 0 Å². The van der Waals surface area contributed by atoms with Crippen LogP contribution in [-0.4, -0.2) is 0 Å². The first-order valence-electron chi connectivity index (χ1n) is 2.28. The van der Waals surface area contributed by atoms with E-state index in [2.05, 4.69) is 0 Å². The lowest BCUT2D eigenvalue weighted by molar-refractivity contribution is 1.96. The number of rotatable bonds is 0. The van der Waals surface area contributed by atoms with Crippen LogP contribution in [0.3, 0.4) is 0 Å². The van der Waals surface area contributed by atoms with E-state index in [1.54, 1.807) is 0 Å². The second kappa shape index (κ2) is 0.668. The lowest BCUT2D eigenvalue weighted by Gasteiger charge is -1.60. The Kier molecular flexibility index (Phi) is 0.294. The van der Waals surface area contributed by atoms with Crippen molar-refractivity contribution in [2.24, 2.45) is 0 Å². The summed E-state index contributed by atoms with van der Waals surface area (Å²) in [5, 5.41) is 0. The number of fused-ring (bicyclic) bond motifs is 1. The highest BCUT2D eigenvalue weighted by molar-refractivity contribution is 6.02. The molecule has 34 valence electrons. The highest BCUT2D eigenvalue weighted by atomic mass is 14.6. The molecule has 2 aliphatic rings.